The summed E-state index contributed by atoms with van der Waals surface area (Å²) in [6, 6.07) is 0. The van der Waals surface area contributed by atoms with Crippen LogP contribution < -0.4 is 0 Å². The minimum absolute atomic E-state index is 0.408. The average molecular weight is 200 g/mol. The van der Waals surface area contributed by atoms with Crippen LogP contribution in [0.1, 0.15) is 46.0 Å². The van der Waals surface area contributed by atoms with Crippen LogP contribution in [0, 0.1) is 11.8 Å². The molecule has 3 nitrogen and oxygen atoms in total. The zero-order chi connectivity index (χ0) is 10.8. The Balaban J connectivity index is 2.61. The van der Waals surface area contributed by atoms with E-state index in [-0.39, 0.29) is 0 Å². The number of aliphatic hydroxyl groups is 1. The van der Waals surface area contributed by atoms with Crippen LogP contribution in [0.5, 0.6) is 0 Å². The molecule has 0 amide bonds. The van der Waals surface area contributed by atoms with E-state index in [9.17, 15) is 9.90 Å². The topological polar surface area (TPSA) is 57.5 Å². The summed E-state index contributed by atoms with van der Waals surface area (Å²) in [6.07, 6.45) is 3.52. The third-order valence-corrected chi connectivity index (χ3v) is 3.43. The molecule has 2 unspecified atom stereocenters. The van der Waals surface area contributed by atoms with Crippen LogP contribution in [0.3, 0.4) is 0 Å². The van der Waals surface area contributed by atoms with E-state index >= 15 is 0 Å². The first-order chi connectivity index (χ1) is 6.46. The first-order valence-electron chi connectivity index (χ1n) is 5.41. The van der Waals surface area contributed by atoms with Gasteiger partial charge in [0.05, 0.1) is 0 Å². The molecule has 14 heavy (non-hydrogen) atoms. The lowest BCUT2D eigenvalue weighted by atomic mass is 9.88. The van der Waals surface area contributed by atoms with Crippen LogP contribution in [0.15, 0.2) is 0 Å². The number of rotatable bonds is 2. The fourth-order valence-electron chi connectivity index (χ4n) is 2.23. The van der Waals surface area contributed by atoms with E-state index in [4.69, 9.17) is 5.11 Å². The Morgan fingerprint density at radius 1 is 1.36 bits per heavy atom. The predicted octanol–water partition coefficient (Wildman–Crippen LogP) is 2.04. The quantitative estimate of drug-likeness (QED) is 0.671. The zero-order valence-corrected chi connectivity index (χ0v) is 8.99. The molecule has 0 radical (unpaired) electrons. The highest BCUT2D eigenvalue weighted by Gasteiger charge is 2.38. The molecule has 0 bridgehead atoms. The lowest BCUT2D eigenvalue weighted by molar-refractivity contribution is -0.159. The molecular weight excluding hydrogens is 180 g/mol. The predicted molar refractivity (Wildman–Crippen MR) is 54.0 cm³/mol. The van der Waals surface area contributed by atoms with E-state index in [0.717, 1.165) is 19.3 Å². The summed E-state index contributed by atoms with van der Waals surface area (Å²) < 4.78 is 0. The van der Waals surface area contributed by atoms with Crippen LogP contribution >= 0.6 is 0 Å². The van der Waals surface area contributed by atoms with Gasteiger partial charge in [0.15, 0.2) is 5.60 Å². The molecule has 0 spiro atoms. The van der Waals surface area contributed by atoms with Crippen LogP contribution in [0.2, 0.25) is 0 Å². The van der Waals surface area contributed by atoms with Gasteiger partial charge in [0.2, 0.25) is 0 Å². The Morgan fingerprint density at radius 3 is 2.50 bits per heavy atom. The van der Waals surface area contributed by atoms with Crippen LogP contribution in [-0.2, 0) is 4.79 Å². The summed E-state index contributed by atoms with van der Waals surface area (Å²) in [5, 5.41) is 18.7. The van der Waals surface area contributed by atoms with Crippen molar-refractivity contribution in [3.63, 3.8) is 0 Å². The van der Waals surface area contributed by atoms with E-state index in [1.54, 1.807) is 0 Å². The maximum absolute atomic E-state index is 10.9. The third-order valence-electron chi connectivity index (χ3n) is 3.43. The van der Waals surface area contributed by atoms with E-state index in [1.165, 1.54) is 0 Å². The Hall–Kier alpha value is -0.570. The fourth-order valence-corrected chi connectivity index (χ4v) is 2.23. The minimum Gasteiger partial charge on any atom is -0.479 e. The van der Waals surface area contributed by atoms with Gasteiger partial charge in [-0.1, -0.05) is 20.3 Å². The Labute approximate surface area is 85.1 Å². The van der Waals surface area contributed by atoms with Crippen molar-refractivity contribution in [2.75, 3.05) is 0 Å². The van der Waals surface area contributed by atoms with Gasteiger partial charge in [-0.2, -0.15) is 0 Å². The second-order valence-corrected chi connectivity index (χ2v) is 4.77. The number of carboxylic acid groups (broad SMARTS) is 1. The number of aliphatic carboxylic acids is 1. The van der Waals surface area contributed by atoms with Gasteiger partial charge in [0.25, 0.3) is 0 Å². The number of carboxylic acids is 1. The van der Waals surface area contributed by atoms with Gasteiger partial charge in [-0.15, -0.1) is 0 Å². The maximum Gasteiger partial charge on any atom is 0.335 e. The Morgan fingerprint density at radius 2 is 2.00 bits per heavy atom. The molecule has 0 aliphatic heterocycles. The van der Waals surface area contributed by atoms with Gasteiger partial charge in [0.1, 0.15) is 0 Å². The first-order valence-corrected chi connectivity index (χ1v) is 5.41. The largest absolute Gasteiger partial charge is 0.479 e. The minimum atomic E-state index is -1.45. The molecular formula is C11H20O3. The SMILES string of the molecule is CC(C)C1CCCC(O)(C(=O)O)CC1. The number of carbonyl (C=O) groups is 1. The van der Waals surface area contributed by atoms with Gasteiger partial charge in [-0.25, -0.2) is 4.79 Å². The van der Waals surface area contributed by atoms with Crippen molar-refractivity contribution in [1.82, 2.24) is 0 Å². The van der Waals surface area contributed by atoms with Crippen molar-refractivity contribution < 1.29 is 15.0 Å². The summed E-state index contributed by atoms with van der Waals surface area (Å²) in [7, 11) is 0. The standard InChI is InChI=1S/C11H20O3/c1-8(2)9-4-3-6-11(14,7-5-9)10(12)13/h8-9,14H,3-7H2,1-2H3,(H,12,13). The molecule has 1 fully saturated rings. The average Bonchev–Trinajstić information content (AvgIpc) is 2.28. The molecule has 2 atom stereocenters. The zero-order valence-electron chi connectivity index (χ0n) is 8.99. The first kappa shape index (κ1) is 11.5. The summed E-state index contributed by atoms with van der Waals surface area (Å²) in [6.45, 7) is 4.33. The molecule has 0 aromatic carbocycles. The second-order valence-electron chi connectivity index (χ2n) is 4.77. The summed E-state index contributed by atoms with van der Waals surface area (Å²) >= 11 is 0. The van der Waals surface area contributed by atoms with E-state index in [2.05, 4.69) is 13.8 Å². The molecule has 1 aliphatic rings. The van der Waals surface area contributed by atoms with Crippen LogP contribution in [-0.4, -0.2) is 21.8 Å². The van der Waals surface area contributed by atoms with Crippen molar-refractivity contribution in [3.8, 4) is 0 Å². The van der Waals surface area contributed by atoms with Crippen molar-refractivity contribution in [1.29, 1.82) is 0 Å². The molecule has 0 aromatic heterocycles. The second kappa shape index (κ2) is 4.30. The van der Waals surface area contributed by atoms with Crippen LogP contribution in [0.25, 0.3) is 0 Å². The molecule has 82 valence electrons. The van der Waals surface area contributed by atoms with Crippen molar-refractivity contribution >= 4 is 5.97 Å². The Kier molecular flexibility index (Phi) is 3.53. The van der Waals surface area contributed by atoms with Crippen molar-refractivity contribution in [3.05, 3.63) is 0 Å². The summed E-state index contributed by atoms with van der Waals surface area (Å²) in [5.41, 5.74) is -1.45. The molecule has 0 aromatic rings. The lowest BCUT2D eigenvalue weighted by Gasteiger charge is -2.21. The maximum atomic E-state index is 10.9. The van der Waals surface area contributed by atoms with Gasteiger partial charge < -0.3 is 10.2 Å². The van der Waals surface area contributed by atoms with Gasteiger partial charge in [0, 0.05) is 0 Å². The highest BCUT2D eigenvalue weighted by Crippen LogP contribution is 2.33. The summed E-state index contributed by atoms with van der Waals surface area (Å²) in [4.78, 5) is 10.9. The highest BCUT2D eigenvalue weighted by atomic mass is 16.4. The fraction of sp³-hybridized carbons (Fsp3) is 0.909. The highest BCUT2D eigenvalue weighted by molar-refractivity contribution is 5.77. The molecule has 3 heteroatoms. The monoisotopic (exact) mass is 200 g/mol. The van der Waals surface area contributed by atoms with Gasteiger partial charge in [-0.05, 0) is 37.5 Å². The molecule has 0 saturated heterocycles. The smallest absolute Gasteiger partial charge is 0.335 e. The van der Waals surface area contributed by atoms with Gasteiger partial charge in [-0.3, -0.25) is 0 Å². The van der Waals surface area contributed by atoms with Gasteiger partial charge >= 0.3 is 5.97 Å². The number of hydrogen-bond donors (Lipinski definition) is 2. The van der Waals surface area contributed by atoms with Crippen molar-refractivity contribution in [2.24, 2.45) is 11.8 Å². The van der Waals surface area contributed by atoms with E-state index in [1.807, 2.05) is 0 Å². The van der Waals surface area contributed by atoms with Crippen LogP contribution in [0.4, 0.5) is 0 Å². The third kappa shape index (κ3) is 2.47. The molecule has 2 N–H and O–H groups in total. The normalized spacial score (nSPS) is 34.1. The van der Waals surface area contributed by atoms with E-state index < -0.39 is 11.6 Å². The molecule has 1 aliphatic carbocycles. The lowest BCUT2D eigenvalue weighted by Crippen LogP contribution is -2.37. The van der Waals surface area contributed by atoms with E-state index in [0.29, 0.717) is 24.7 Å². The van der Waals surface area contributed by atoms with Crippen molar-refractivity contribution in [2.45, 2.75) is 51.6 Å². The molecule has 1 saturated carbocycles. The number of hydrogen-bond acceptors (Lipinski definition) is 2. The molecule has 0 heterocycles. The Bertz CT molecular complexity index is 213. The summed E-state index contributed by atoms with van der Waals surface area (Å²) in [5.74, 6) is 0.108. The molecule has 1 rings (SSSR count).